The molecule has 5 rings (SSSR count). The van der Waals surface area contributed by atoms with E-state index in [1.807, 2.05) is 4.68 Å². The van der Waals surface area contributed by atoms with Crippen molar-refractivity contribution in [3.05, 3.63) is 77.3 Å². The molecule has 3 aromatic rings. The summed E-state index contributed by atoms with van der Waals surface area (Å²) >= 11 is 0. The number of furan rings is 1. The lowest BCUT2D eigenvalue weighted by Crippen LogP contribution is -2.38. The topological polar surface area (TPSA) is 76.2 Å². The molecule has 30 heavy (non-hydrogen) atoms. The van der Waals surface area contributed by atoms with Gasteiger partial charge >= 0.3 is 0 Å². The van der Waals surface area contributed by atoms with Crippen molar-refractivity contribution in [2.45, 2.75) is 25.8 Å². The molecule has 1 N–H and O–H groups in total. The van der Waals surface area contributed by atoms with Crippen molar-refractivity contribution in [3.63, 3.8) is 0 Å². The fraction of sp³-hybridized carbons (Fsp3) is 0.348. The van der Waals surface area contributed by atoms with Crippen LogP contribution in [0.1, 0.15) is 40.2 Å². The van der Waals surface area contributed by atoms with Gasteiger partial charge in [-0.2, -0.15) is 5.10 Å². The van der Waals surface area contributed by atoms with E-state index in [2.05, 4.69) is 44.6 Å². The molecule has 0 spiro atoms. The van der Waals surface area contributed by atoms with Gasteiger partial charge < -0.3 is 14.6 Å². The smallest absolute Gasteiger partial charge is 0.254 e. The first-order chi connectivity index (χ1) is 14.8. The van der Waals surface area contributed by atoms with Crippen molar-refractivity contribution >= 4 is 11.5 Å². The monoisotopic (exact) mass is 403 g/mol. The van der Waals surface area contributed by atoms with E-state index in [9.17, 15) is 4.79 Å². The van der Waals surface area contributed by atoms with Gasteiger partial charge in [-0.1, -0.05) is 29.8 Å². The molecule has 0 unspecified atom stereocenters. The highest BCUT2D eigenvalue weighted by Crippen LogP contribution is 2.35. The molecule has 1 saturated heterocycles. The van der Waals surface area contributed by atoms with Crippen molar-refractivity contribution in [2.24, 2.45) is 0 Å². The van der Waals surface area contributed by atoms with Gasteiger partial charge in [0, 0.05) is 38.3 Å². The molecular weight excluding hydrogens is 378 g/mol. The summed E-state index contributed by atoms with van der Waals surface area (Å²) in [5.74, 6) is 0.911. The number of rotatable bonds is 4. The van der Waals surface area contributed by atoms with Gasteiger partial charge in [0.1, 0.15) is 12.6 Å². The standard InChI is InChI=1S/C23H25N5O2/c29-23(19-8-14-30-15-19)24-9-13-27-10-5-18(6-11-27)21-20-4-2-1-3-17(20)7-12-28-22(21)25-16-26-28/h1-4,8,14-16H,5-7,9-13H2,(H,24,29). The highest BCUT2D eigenvalue weighted by Gasteiger charge is 2.25. The third-order valence-corrected chi connectivity index (χ3v) is 6.03. The first-order valence-electron chi connectivity index (χ1n) is 10.5. The second-order valence-electron chi connectivity index (χ2n) is 7.80. The quantitative estimate of drug-likeness (QED) is 0.725. The Kier molecular flexibility index (Phi) is 5.19. The summed E-state index contributed by atoms with van der Waals surface area (Å²) < 4.78 is 7.01. The molecule has 2 aliphatic rings. The van der Waals surface area contributed by atoms with E-state index < -0.39 is 0 Å². The molecule has 0 radical (unpaired) electrons. The molecule has 1 aromatic carbocycles. The highest BCUT2D eigenvalue weighted by molar-refractivity contribution is 5.93. The second-order valence-corrected chi connectivity index (χ2v) is 7.80. The van der Waals surface area contributed by atoms with Crippen LogP contribution in [0.25, 0.3) is 5.57 Å². The molecule has 0 saturated carbocycles. The number of aryl methyl sites for hydroxylation is 2. The Morgan fingerprint density at radius 1 is 1.10 bits per heavy atom. The number of nitrogens with zero attached hydrogens (tertiary/aromatic N) is 4. The molecule has 7 nitrogen and oxygen atoms in total. The largest absolute Gasteiger partial charge is 0.472 e. The Bertz CT molecular complexity index is 1060. The molecule has 0 aliphatic carbocycles. The molecule has 4 heterocycles. The predicted octanol–water partition coefficient (Wildman–Crippen LogP) is 2.75. The summed E-state index contributed by atoms with van der Waals surface area (Å²) in [4.78, 5) is 19.1. The van der Waals surface area contributed by atoms with Crippen LogP contribution in [0.15, 0.2) is 59.2 Å². The van der Waals surface area contributed by atoms with Crippen LogP contribution in [-0.2, 0) is 13.0 Å². The first kappa shape index (κ1) is 18.8. The zero-order valence-electron chi connectivity index (χ0n) is 16.9. The third-order valence-electron chi connectivity index (χ3n) is 6.03. The number of likely N-dealkylation sites (tertiary alicyclic amines) is 1. The number of fused-ring (bicyclic) bond motifs is 2. The van der Waals surface area contributed by atoms with E-state index in [4.69, 9.17) is 4.42 Å². The Morgan fingerprint density at radius 2 is 1.97 bits per heavy atom. The first-order valence-corrected chi connectivity index (χ1v) is 10.5. The maximum absolute atomic E-state index is 12.0. The molecule has 2 aliphatic heterocycles. The lowest BCUT2D eigenvalue weighted by molar-refractivity contribution is 0.0947. The zero-order valence-corrected chi connectivity index (χ0v) is 16.9. The van der Waals surface area contributed by atoms with Crippen LogP contribution in [0, 0.1) is 0 Å². The number of hydrogen-bond donors (Lipinski definition) is 1. The third kappa shape index (κ3) is 3.68. The minimum atomic E-state index is -0.0852. The number of hydrogen-bond acceptors (Lipinski definition) is 5. The molecule has 154 valence electrons. The average molecular weight is 403 g/mol. The second kappa shape index (κ2) is 8.28. The van der Waals surface area contributed by atoms with Crippen LogP contribution in [0.4, 0.5) is 0 Å². The van der Waals surface area contributed by atoms with Gasteiger partial charge in [-0.15, -0.1) is 0 Å². The lowest BCUT2D eigenvalue weighted by Gasteiger charge is -2.30. The Balaban J connectivity index is 1.28. The number of amides is 1. The molecular formula is C23H25N5O2. The summed E-state index contributed by atoms with van der Waals surface area (Å²) in [6, 6.07) is 10.4. The Morgan fingerprint density at radius 3 is 2.80 bits per heavy atom. The SMILES string of the molecule is O=C(NCCN1CCC(=C2c3ccccc3CCn3ncnc32)CC1)c1ccoc1. The number of benzene rings is 1. The summed E-state index contributed by atoms with van der Waals surface area (Å²) in [5, 5.41) is 7.42. The van der Waals surface area contributed by atoms with Crippen LogP contribution >= 0.6 is 0 Å². The van der Waals surface area contributed by atoms with Crippen LogP contribution in [0.5, 0.6) is 0 Å². The van der Waals surface area contributed by atoms with Crippen LogP contribution in [0.2, 0.25) is 0 Å². The maximum Gasteiger partial charge on any atom is 0.254 e. The van der Waals surface area contributed by atoms with Gasteiger partial charge in [0.15, 0.2) is 5.82 Å². The molecule has 2 aromatic heterocycles. The van der Waals surface area contributed by atoms with E-state index in [-0.39, 0.29) is 5.91 Å². The molecule has 0 atom stereocenters. The normalized spacial score (nSPS) is 16.7. The van der Waals surface area contributed by atoms with E-state index in [1.165, 1.54) is 34.8 Å². The average Bonchev–Trinajstić information content (AvgIpc) is 3.45. The van der Waals surface area contributed by atoms with E-state index in [0.717, 1.165) is 51.3 Å². The molecule has 0 bridgehead atoms. The maximum atomic E-state index is 12.0. The summed E-state index contributed by atoms with van der Waals surface area (Å²) in [6.07, 6.45) is 7.64. The van der Waals surface area contributed by atoms with Crippen LogP contribution < -0.4 is 5.32 Å². The number of carbonyl (C=O) groups is 1. The Labute approximate surface area is 175 Å². The zero-order chi connectivity index (χ0) is 20.3. The van der Waals surface area contributed by atoms with E-state index >= 15 is 0 Å². The van der Waals surface area contributed by atoms with Gasteiger partial charge in [0.2, 0.25) is 0 Å². The minimum absolute atomic E-state index is 0.0852. The summed E-state index contributed by atoms with van der Waals surface area (Å²) in [6.45, 7) is 4.31. The van der Waals surface area contributed by atoms with Gasteiger partial charge in [-0.05, 0) is 36.5 Å². The number of piperidine rings is 1. The predicted molar refractivity (Wildman–Crippen MR) is 113 cm³/mol. The van der Waals surface area contributed by atoms with Crippen molar-refractivity contribution < 1.29 is 9.21 Å². The van der Waals surface area contributed by atoms with E-state index in [0.29, 0.717) is 12.1 Å². The lowest BCUT2D eigenvalue weighted by atomic mass is 9.90. The van der Waals surface area contributed by atoms with Gasteiger partial charge in [-0.25, -0.2) is 9.67 Å². The van der Waals surface area contributed by atoms with Crippen LogP contribution in [-0.4, -0.2) is 51.8 Å². The van der Waals surface area contributed by atoms with Crippen LogP contribution in [0.3, 0.4) is 0 Å². The summed E-state index contributed by atoms with van der Waals surface area (Å²) in [5.41, 5.74) is 5.97. The molecule has 1 amide bonds. The van der Waals surface area contributed by atoms with Crippen molar-refractivity contribution in [1.82, 2.24) is 25.0 Å². The van der Waals surface area contributed by atoms with Crippen molar-refractivity contribution in [3.8, 4) is 0 Å². The van der Waals surface area contributed by atoms with Gasteiger partial charge in [0.05, 0.1) is 11.8 Å². The van der Waals surface area contributed by atoms with Gasteiger partial charge in [0.25, 0.3) is 5.91 Å². The fourth-order valence-corrected chi connectivity index (χ4v) is 4.42. The summed E-state index contributed by atoms with van der Waals surface area (Å²) in [7, 11) is 0. The fourth-order valence-electron chi connectivity index (χ4n) is 4.42. The molecule has 1 fully saturated rings. The Hall–Kier alpha value is -3.19. The minimum Gasteiger partial charge on any atom is -0.472 e. The highest BCUT2D eigenvalue weighted by atomic mass is 16.3. The van der Waals surface area contributed by atoms with Gasteiger partial charge in [-0.3, -0.25) is 4.79 Å². The number of aromatic nitrogens is 3. The van der Waals surface area contributed by atoms with E-state index in [1.54, 1.807) is 12.4 Å². The van der Waals surface area contributed by atoms with Crippen molar-refractivity contribution in [2.75, 3.05) is 26.2 Å². The number of carbonyl (C=O) groups excluding carboxylic acids is 1. The molecule has 7 heteroatoms. The number of nitrogens with one attached hydrogen (secondary N) is 1. The van der Waals surface area contributed by atoms with Crippen molar-refractivity contribution in [1.29, 1.82) is 0 Å².